The lowest BCUT2D eigenvalue weighted by Gasteiger charge is -2.51. The second-order valence-corrected chi connectivity index (χ2v) is 13.1. The van der Waals surface area contributed by atoms with Gasteiger partial charge in [0.15, 0.2) is 0 Å². The number of amides is 1. The van der Waals surface area contributed by atoms with Crippen molar-refractivity contribution >= 4 is 11.8 Å². The van der Waals surface area contributed by atoms with Crippen LogP contribution in [0.5, 0.6) is 0 Å². The number of piperidine rings is 1. The average molecular weight is 624 g/mol. The molecule has 1 amide bonds. The van der Waals surface area contributed by atoms with E-state index in [2.05, 4.69) is 68.1 Å². The number of carbonyl (C=O) groups is 1. The standard InChI is InChI=1S/C35H44F3N5O2/c1-25-40-17-20-42(25)24-34(27-7-4-3-5-8-27,31-9-6-10-32(31)45-33(44)39-2)28-15-18-41(19-16-28)21-26-22-43(23-26)30-13-11-29(12-14-30)35(36,37)38/h3-5,7-8,11-14,17,20,26,28,31-32H,6,9-10,15-16,18-19,21-24H2,1-2H3,(H,39,44). The predicted molar refractivity (Wildman–Crippen MR) is 168 cm³/mol. The van der Waals surface area contributed by atoms with Crippen molar-refractivity contribution in [3.63, 3.8) is 0 Å². The molecule has 0 radical (unpaired) electrons. The van der Waals surface area contributed by atoms with Crippen LogP contribution in [0.25, 0.3) is 0 Å². The molecule has 1 aromatic heterocycles. The van der Waals surface area contributed by atoms with Crippen molar-refractivity contribution in [1.82, 2.24) is 19.8 Å². The Hall–Kier alpha value is -3.53. The van der Waals surface area contributed by atoms with Crippen LogP contribution in [0.3, 0.4) is 0 Å². The maximum atomic E-state index is 13.0. The first-order chi connectivity index (χ1) is 21.7. The van der Waals surface area contributed by atoms with Crippen molar-refractivity contribution in [2.45, 2.75) is 63.3 Å². The molecule has 0 bridgehead atoms. The lowest BCUT2D eigenvalue weighted by Crippen LogP contribution is -2.55. The Bertz CT molecular complexity index is 1420. The number of likely N-dealkylation sites (tertiary alicyclic amines) is 1. The molecule has 45 heavy (non-hydrogen) atoms. The minimum atomic E-state index is -4.31. The monoisotopic (exact) mass is 623 g/mol. The molecule has 0 spiro atoms. The molecule has 1 saturated carbocycles. The highest BCUT2D eigenvalue weighted by atomic mass is 19.4. The average Bonchev–Trinajstić information content (AvgIpc) is 3.66. The number of imidazole rings is 1. The van der Waals surface area contributed by atoms with Crippen LogP contribution >= 0.6 is 0 Å². The first kappa shape index (κ1) is 31.5. The largest absolute Gasteiger partial charge is 0.446 e. The molecule has 3 heterocycles. The molecule has 242 valence electrons. The number of alkyl carbamates (subject to hydrolysis) is 1. The molecule has 7 nitrogen and oxygen atoms in total. The minimum Gasteiger partial charge on any atom is -0.446 e. The predicted octanol–water partition coefficient (Wildman–Crippen LogP) is 6.52. The Labute approximate surface area is 263 Å². The summed E-state index contributed by atoms with van der Waals surface area (Å²) in [6.45, 7) is 7.54. The van der Waals surface area contributed by atoms with Gasteiger partial charge >= 0.3 is 12.3 Å². The Kier molecular flexibility index (Phi) is 9.13. The van der Waals surface area contributed by atoms with Gasteiger partial charge in [-0.25, -0.2) is 9.78 Å². The van der Waals surface area contributed by atoms with Gasteiger partial charge in [0, 0.05) is 68.6 Å². The van der Waals surface area contributed by atoms with E-state index in [0.717, 1.165) is 82.9 Å². The number of hydrogen-bond acceptors (Lipinski definition) is 5. The Morgan fingerprint density at radius 2 is 1.69 bits per heavy atom. The molecule has 3 atom stereocenters. The fraction of sp³-hybridized carbons (Fsp3) is 0.543. The third-order valence-electron chi connectivity index (χ3n) is 10.6. The van der Waals surface area contributed by atoms with Crippen LogP contribution < -0.4 is 10.2 Å². The van der Waals surface area contributed by atoms with Crippen molar-refractivity contribution < 1.29 is 22.7 Å². The summed E-state index contributed by atoms with van der Waals surface area (Å²) in [7, 11) is 1.62. The highest BCUT2D eigenvalue weighted by molar-refractivity contribution is 5.67. The van der Waals surface area contributed by atoms with Crippen molar-refractivity contribution in [3.8, 4) is 0 Å². The van der Waals surface area contributed by atoms with Crippen LogP contribution in [0.1, 0.15) is 49.1 Å². The maximum Gasteiger partial charge on any atom is 0.416 e. The highest BCUT2D eigenvalue weighted by Crippen LogP contribution is 2.52. The van der Waals surface area contributed by atoms with Gasteiger partial charge in [-0.05, 0) is 87.9 Å². The van der Waals surface area contributed by atoms with E-state index in [1.165, 1.54) is 17.7 Å². The number of hydrogen-bond donors (Lipinski definition) is 1. The van der Waals surface area contributed by atoms with Gasteiger partial charge in [0.1, 0.15) is 11.9 Å². The second-order valence-electron chi connectivity index (χ2n) is 13.1. The fourth-order valence-corrected chi connectivity index (χ4v) is 8.30. The second kappa shape index (κ2) is 13.1. The summed E-state index contributed by atoms with van der Waals surface area (Å²) < 4.78 is 47.3. The number of carbonyl (C=O) groups excluding carboxylic acids is 1. The quantitative estimate of drug-likeness (QED) is 0.294. The molecule has 1 aliphatic carbocycles. The van der Waals surface area contributed by atoms with E-state index in [0.29, 0.717) is 11.8 Å². The van der Waals surface area contributed by atoms with Gasteiger partial charge in [-0.15, -0.1) is 0 Å². The molecule has 1 N–H and O–H groups in total. The number of ether oxygens (including phenoxy) is 1. The van der Waals surface area contributed by atoms with Gasteiger partial charge in [0.05, 0.1) is 5.56 Å². The molecule has 2 aliphatic heterocycles. The summed E-state index contributed by atoms with van der Waals surface area (Å²) in [5.41, 5.74) is 1.32. The molecule has 3 aromatic rings. The van der Waals surface area contributed by atoms with Crippen molar-refractivity contribution in [2.75, 3.05) is 44.7 Å². The molecule has 3 unspecified atom stereocenters. The fourth-order valence-electron chi connectivity index (χ4n) is 8.30. The van der Waals surface area contributed by atoms with Crippen LogP contribution in [0, 0.1) is 24.7 Å². The summed E-state index contributed by atoms with van der Waals surface area (Å²) >= 11 is 0. The molecule has 2 aromatic carbocycles. The number of aryl methyl sites for hydroxylation is 1. The van der Waals surface area contributed by atoms with Crippen LogP contribution in [0.15, 0.2) is 67.0 Å². The summed E-state index contributed by atoms with van der Waals surface area (Å²) in [6, 6.07) is 16.4. The molecular weight excluding hydrogens is 579 g/mol. The number of nitrogens with one attached hydrogen (secondary N) is 1. The molecule has 3 aliphatic rings. The van der Waals surface area contributed by atoms with Gasteiger partial charge in [-0.2, -0.15) is 13.2 Å². The Balaban J connectivity index is 1.18. The van der Waals surface area contributed by atoms with Crippen LogP contribution in [-0.4, -0.2) is 66.4 Å². The Morgan fingerprint density at radius 1 is 0.978 bits per heavy atom. The van der Waals surface area contributed by atoms with E-state index in [4.69, 9.17) is 4.74 Å². The topological polar surface area (TPSA) is 62.6 Å². The van der Waals surface area contributed by atoms with E-state index >= 15 is 0 Å². The number of anilines is 1. The van der Waals surface area contributed by atoms with E-state index < -0.39 is 11.7 Å². The Morgan fingerprint density at radius 3 is 2.31 bits per heavy atom. The zero-order chi connectivity index (χ0) is 31.6. The van der Waals surface area contributed by atoms with Gasteiger partial charge < -0.3 is 24.4 Å². The van der Waals surface area contributed by atoms with Gasteiger partial charge in [0.2, 0.25) is 0 Å². The minimum absolute atomic E-state index is 0.154. The number of rotatable bonds is 9. The van der Waals surface area contributed by atoms with Crippen LogP contribution in [-0.2, 0) is 22.9 Å². The summed E-state index contributed by atoms with van der Waals surface area (Å²) in [4.78, 5) is 21.8. The van der Waals surface area contributed by atoms with Crippen LogP contribution in [0.4, 0.5) is 23.7 Å². The van der Waals surface area contributed by atoms with E-state index in [1.54, 1.807) is 19.2 Å². The smallest absolute Gasteiger partial charge is 0.416 e. The first-order valence-electron chi connectivity index (χ1n) is 16.2. The normalized spacial score (nSPS) is 23.0. The summed E-state index contributed by atoms with van der Waals surface area (Å²) in [5.74, 6) is 2.05. The first-order valence-corrected chi connectivity index (χ1v) is 16.2. The molecule has 3 fully saturated rings. The molecule has 6 rings (SSSR count). The number of halogens is 3. The van der Waals surface area contributed by atoms with Crippen molar-refractivity contribution in [1.29, 1.82) is 0 Å². The number of nitrogens with zero attached hydrogens (tertiary/aromatic N) is 4. The van der Waals surface area contributed by atoms with Crippen molar-refractivity contribution in [3.05, 3.63) is 83.9 Å². The third-order valence-corrected chi connectivity index (χ3v) is 10.6. The summed E-state index contributed by atoms with van der Waals surface area (Å²) in [6.07, 6.45) is 4.10. The van der Waals surface area contributed by atoms with Gasteiger partial charge in [0.25, 0.3) is 0 Å². The molecular formula is C35H44F3N5O2. The third kappa shape index (κ3) is 6.57. The lowest BCUT2D eigenvalue weighted by molar-refractivity contribution is -0.137. The van der Waals surface area contributed by atoms with Gasteiger partial charge in [-0.3, -0.25) is 0 Å². The van der Waals surface area contributed by atoms with Gasteiger partial charge in [-0.1, -0.05) is 30.3 Å². The number of alkyl halides is 3. The number of aromatic nitrogens is 2. The van der Waals surface area contributed by atoms with E-state index in [1.807, 2.05) is 6.20 Å². The van der Waals surface area contributed by atoms with E-state index in [-0.39, 0.29) is 23.5 Å². The highest BCUT2D eigenvalue weighted by Gasteiger charge is 2.53. The van der Waals surface area contributed by atoms with Crippen molar-refractivity contribution in [2.24, 2.45) is 17.8 Å². The SMILES string of the molecule is CNC(=O)OC1CCCC1C(Cn1ccnc1C)(c1ccccc1)C1CCN(CC2CN(c3ccc(C(F)(F)F)cc3)C2)CC1. The number of benzene rings is 2. The zero-order valence-corrected chi connectivity index (χ0v) is 26.2. The molecule has 2 saturated heterocycles. The maximum absolute atomic E-state index is 13.0. The van der Waals surface area contributed by atoms with Crippen LogP contribution in [0.2, 0.25) is 0 Å². The lowest BCUT2D eigenvalue weighted by atomic mass is 9.58. The van der Waals surface area contributed by atoms with E-state index in [9.17, 15) is 18.0 Å². The summed E-state index contributed by atoms with van der Waals surface area (Å²) in [5, 5.41) is 2.66. The zero-order valence-electron chi connectivity index (χ0n) is 26.2. The molecule has 10 heteroatoms.